The lowest BCUT2D eigenvalue weighted by Gasteiger charge is -2.31. The van der Waals surface area contributed by atoms with E-state index in [9.17, 15) is 4.79 Å². The van der Waals surface area contributed by atoms with Gasteiger partial charge in [0.2, 0.25) is 0 Å². The Bertz CT molecular complexity index is 501. The van der Waals surface area contributed by atoms with Gasteiger partial charge >= 0.3 is 0 Å². The summed E-state index contributed by atoms with van der Waals surface area (Å²) in [5.41, 5.74) is 0.561. The van der Waals surface area contributed by atoms with Gasteiger partial charge < -0.3 is 14.4 Å². The van der Waals surface area contributed by atoms with Crippen molar-refractivity contribution in [3.63, 3.8) is 0 Å². The first-order chi connectivity index (χ1) is 10.2. The number of likely N-dealkylation sites (tertiary alicyclic amines) is 1. The van der Waals surface area contributed by atoms with Crippen molar-refractivity contribution in [3.05, 3.63) is 22.7 Å². The average molecular weight is 312 g/mol. The Morgan fingerprint density at radius 1 is 1.29 bits per heavy atom. The third kappa shape index (κ3) is 3.82. The molecule has 0 spiro atoms. The van der Waals surface area contributed by atoms with E-state index < -0.39 is 0 Å². The summed E-state index contributed by atoms with van der Waals surface area (Å²) < 4.78 is 11.3. The molecule has 0 aromatic heterocycles. The molecule has 1 fully saturated rings. The predicted molar refractivity (Wildman–Crippen MR) is 83.5 cm³/mol. The van der Waals surface area contributed by atoms with Crippen molar-refractivity contribution in [2.45, 2.75) is 33.1 Å². The minimum Gasteiger partial charge on any atom is -0.490 e. The molecule has 1 saturated heterocycles. The second-order valence-electron chi connectivity index (χ2n) is 5.07. The standard InChI is InChI=1S/C16H22ClNO3/c1-3-5-9-21-15-13(17)10-12(11-14(15)20-4-2)16(19)18-7-6-8-18/h10-11H,3-9H2,1-2H3. The lowest BCUT2D eigenvalue weighted by atomic mass is 10.1. The van der Waals surface area contributed by atoms with Crippen LogP contribution in [0.5, 0.6) is 11.5 Å². The Hall–Kier alpha value is -1.42. The van der Waals surface area contributed by atoms with E-state index in [0.717, 1.165) is 32.4 Å². The fraction of sp³-hybridized carbons (Fsp3) is 0.562. The number of amides is 1. The lowest BCUT2D eigenvalue weighted by molar-refractivity contribution is 0.0651. The van der Waals surface area contributed by atoms with Crippen LogP contribution in [0.2, 0.25) is 5.02 Å². The van der Waals surface area contributed by atoms with Crippen molar-refractivity contribution in [1.29, 1.82) is 0 Å². The van der Waals surface area contributed by atoms with Gasteiger partial charge in [0.25, 0.3) is 5.91 Å². The maximum atomic E-state index is 12.3. The van der Waals surface area contributed by atoms with Gasteiger partial charge in [-0.25, -0.2) is 0 Å². The Kier molecular flexibility index (Phi) is 5.74. The van der Waals surface area contributed by atoms with Gasteiger partial charge in [-0.2, -0.15) is 0 Å². The van der Waals surface area contributed by atoms with Gasteiger partial charge in [-0.3, -0.25) is 4.79 Å². The fourth-order valence-corrected chi connectivity index (χ4v) is 2.38. The van der Waals surface area contributed by atoms with E-state index in [1.165, 1.54) is 0 Å². The molecule has 5 heteroatoms. The van der Waals surface area contributed by atoms with Gasteiger partial charge in [-0.05, 0) is 31.9 Å². The summed E-state index contributed by atoms with van der Waals surface area (Å²) in [4.78, 5) is 14.1. The van der Waals surface area contributed by atoms with Crippen LogP contribution in [-0.4, -0.2) is 37.1 Å². The third-order valence-electron chi connectivity index (χ3n) is 3.44. The molecule has 1 heterocycles. The summed E-state index contributed by atoms with van der Waals surface area (Å²) in [5, 5.41) is 0.431. The fourth-order valence-electron chi connectivity index (χ4n) is 2.11. The molecule has 0 unspecified atom stereocenters. The molecule has 0 aliphatic carbocycles. The van der Waals surface area contributed by atoms with Crippen LogP contribution in [0.4, 0.5) is 0 Å². The highest BCUT2D eigenvalue weighted by atomic mass is 35.5. The maximum absolute atomic E-state index is 12.3. The molecular formula is C16H22ClNO3. The minimum absolute atomic E-state index is 0.00390. The first-order valence-electron chi connectivity index (χ1n) is 7.55. The van der Waals surface area contributed by atoms with Crippen LogP contribution < -0.4 is 9.47 Å². The van der Waals surface area contributed by atoms with Crippen molar-refractivity contribution < 1.29 is 14.3 Å². The number of halogens is 1. The van der Waals surface area contributed by atoms with Crippen LogP contribution in [0.1, 0.15) is 43.5 Å². The molecule has 0 saturated carbocycles. The first kappa shape index (κ1) is 16.0. The van der Waals surface area contributed by atoms with Crippen LogP contribution in [0.25, 0.3) is 0 Å². The Morgan fingerprint density at radius 3 is 2.62 bits per heavy atom. The molecule has 1 aliphatic rings. The number of benzene rings is 1. The summed E-state index contributed by atoms with van der Waals surface area (Å²) in [5.74, 6) is 1.08. The monoisotopic (exact) mass is 311 g/mol. The van der Waals surface area contributed by atoms with Crippen LogP contribution in [-0.2, 0) is 0 Å². The molecular weight excluding hydrogens is 290 g/mol. The van der Waals surface area contributed by atoms with Crippen molar-refractivity contribution in [2.24, 2.45) is 0 Å². The number of rotatable bonds is 7. The highest BCUT2D eigenvalue weighted by molar-refractivity contribution is 6.32. The quantitative estimate of drug-likeness (QED) is 0.720. The van der Waals surface area contributed by atoms with E-state index in [2.05, 4.69) is 6.92 Å². The molecule has 1 amide bonds. The molecule has 0 N–H and O–H groups in total. The van der Waals surface area contributed by atoms with Gasteiger partial charge in [-0.1, -0.05) is 24.9 Å². The van der Waals surface area contributed by atoms with Crippen molar-refractivity contribution in [2.75, 3.05) is 26.3 Å². The number of carbonyl (C=O) groups excluding carboxylic acids is 1. The SMILES string of the molecule is CCCCOc1c(Cl)cc(C(=O)N2CCC2)cc1OCC. The zero-order chi connectivity index (χ0) is 15.2. The van der Waals surface area contributed by atoms with Crippen LogP contribution in [0.15, 0.2) is 12.1 Å². The van der Waals surface area contributed by atoms with Crippen LogP contribution >= 0.6 is 11.6 Å². The molecule has 1 aromatic carbocycles. The number of hydrogen-bond acceptors (Lipinski definition) is 3. The Morgan fingerprint density at radius 2 is 2.05 bits per heavy atom. The zero-order valence-electron chi connectivity index (χ0n) is 12.7. The van der Waals surface area contributed by atoms with Crippen molar-refractivity contribution in [3.8, 4) is 11.5 Å². The maximum Gasteiger partial charge on any atom is 0.254 e. The van der Waals surface area contributed by atoms with Crippen molar-refractivity contribution in [1.82, 2.24) is 4.90 Å². The van der Waals surface area contributed by atoms with Crippen molar-refractivity contribution >= 4 is 17.5 Å². The summed E-state index contributed by atoms with van der Waals surface area (Å²) in [6.07, 6.45) is 3.07. The lowest BCUT2D eigenvalue weighted by Crippen LogP contribution is -2.42. The molecule has 0 radical (unpaired) electrons. The molecule has 1 aliphatic heterocycles. The van der Waals surface area contributed by atoms with E-state index in [-0.39, 0.29) is 5.91 Å². The number of carbonyl (C=O) groups is 1. The van der Waals surface area contributed by atoms with Gasteiger partial charge in [-0.15, -0.1) is 0 Å². The van der Waals surface area contributed by atoms with Gasteiger partial charge in [0.1, 0.15) is 0 Å². The molecule has 116 valence electrons. The summed E-state index contributed by atoms with van der Waals surface area (Å²) >= 11 is 6.28. The van der Waals surface area contributed by atoms with Gasteiger partial charge in [0, 0.05) is 18.7 Å². The second-order valence-corrected chi connectivity index (χ2v) is 5.47. The Labute approximate surface area is 131 Å². The number of unbranched alkanes of at least 4 members (excludes halogenated alkanes) is 1. The predicted octanol–water partition coefficient (Wildman–Crippen LogP) is 3.76. The first-order valence-corrected chi connectivity index (χ1v) is 7.93. The van der Waals surface area contributed by atoms with Gasteiger partial charge in [0.05, 0.1) is 18.2 Å². The zero-order valence-corrected chi connectivity index (χ0v) is 13.4. The minimum atomic E-state index is 0.00390. The summed E-state index contributed by atoms with van der Waals surface area (Å²) in [6, 6.07) is 3.41. The molecule has 1 aromatic rings. The highest BCUT2D eigenvalue weighted by Gasteiger charge is 2.24. The van der Waals surface area contributed by atoms with E-state index in [0.29, 0.717) is 35.3 Å². The Balaban J connectivity index is 2.22. The summed E-state index contributed by atoms with van der Waals surface area (Å²) in [6.45, 7) is 6.72. The van der Waals surface area contributed by atoms with Gasteiger partial charge in [0.15, 0.2) is 11.5 Å². The second kappa shape index (κ2) is 7.55. The van der Waals surface area contributed by atoms with E-state index in [4.69, 9.17) is 21.1 Å². The normalized spacial score (nSPS) is 13.8. The molecule has 4 nitrogen and oxygen atoms in total. The molecule has 2 rings (SSSR count). The molecule has 21 heavy (non-hydrogen) atoms. The van der Waals surface area contributed by atoms with E-state index in [1.54, 1.807) is 17.0 Å². The van der Waals surface area contributed by atoms with E-state index in [1.807, 2.05) is 6.92 Å². The van der Waals surface area contributed by atoms with Crippen LogP contribution in [0.3, 0.4) is 0 Å². The van der Waals surface area contributed by atoms with Crippen LogP contribution in [0, 0.1) is 0 Å². The smallest absolute Gasteiger partial charge is 0.254 e. The number of nitrogens with zero attached hydrogens (tertiary/aromatic N) is 1. The molecule has 0 atom stereocenters. The molecule has 0 bridgehead atoms. The topological polar surface area (TPSA) is 38.8 Å². The highest BCUT2D eigenvalue weighted by Crippen LogP contribution is 2.37. The van der Waals surface area contributed by atoms with E-state index >= 15 is 0 Å². The number of ether oxygens (including phenoxy) is 2. The average Bonchev–Trinajstić information content (AvgIpc) is 2.39. The summed E-state index contributed by atoms with van der Waals surface area (Å²) in [7, 11) is 0. The number of hydrogen-bond donors (Lipinski definition) is 0. The largest absolute Gasteiger partial charge is 0.490 e. The third-order valence-corrected chi connectivity index (χ3v) is 3.72.